The van der Waals surface area contributed by atoms with Gasteiger partial charge in [0, 0.05) is 27.4 Å². The van der Waals surface area contributed by atoms with Crippen molar-refractivity contribution in [3.8, 4) is 0 Å². The topological polar surface area (TPSA) is 53.7 Å². The van der Waals surface area contributed by atoms with E-state index in [1.165, 1.54) is 6.20 Å². The van der Waals surface area contributed by atoms with Crippen LogP contribution in [-0.4, -0.2) is 30.1 Å². The van der Waals surface area contributed by atoms with Gasteiger partial charge in [0.15, 0.2) is 0 Å². The van der Waals surface area contributed by atoms with Crippen LogP contribution < -0.4 is 5.73 Å². The maximum Gasteiger partial charge on any atom is 0.500 e. The third kappa shape index (κ3) is 7.08. The van der Waals surface area contributed by atoms with Crippen molar-refractivity contribution in [1.29, 1.82) is 0 Å². The van der Waals surface area contributed by atoms with Gasteiger partial charge in [0.25, 0.3) is 0 Å². The first-order valence-corrected chi connectivity index (χ1v) is 6.57. The van der Waals surface area contributed by atoms with Crippen LogP contribution in [0.15, 0.2) is 12.3 Å². The Labute approximate surface area is 88.4 Å². The summed E-state index contributed by atoms with van der Waals surface area (Å²) in [4.78, 5) is 0. The second kappa shape index (κ2) is 10.7. The Hall–Kier alpha value is -0.363. The quantitative estimate of drug-likeness (QED) is 0.719. The summed E-state index contributed by atoms with van der Waals surface area (Å²) in [6, 6.07) is 0.885. The van der Waals surface area contributed by atoms with E-state index in [-0.39, 0.29) is 0 Å². The van der Waals surface area contributed by atoms with E-state index >= 15 is 0 Å². The molecule has 0 bridgehead atoms. The summed E-state index contributed by atoms with van der Waals surface area (Å²) in [5.41, 5.74) is 4.85. The van der Waals surface area contributed by atoms with E-state index in [1.807, 2.05) is 6.92 Å². The molecular weight excluding hydrogens is 198 g/mol. The van der Waals surface area contributed by atoms with Crippen molar-refractivity contribution in [2.45, 2.75) is 26.3 Å². The Morgan fingerprint density at radius 3 is 1.57 bits per heavy atom. The minimum atomic E-state index is -2.22. The highest BCUT2D eigenvalue weighted by Gasteiger charge is 2.36. The first kappa shape index (κ1) is 16.1. The number of rotatable bonds is 5. The number of nitrogens with two attached hydrogens (primary N) is 1. The molecule has 14 heavy (non-hydrogen) atoms. The Balaban J connectivity index is 0. The lowest BCUT2D eigenvalue weighted by molar-refractivity contribution is 0.123. The lowest BCUT2D eigenvalue weighted by atomic mass is 10.6. The third-order valence-electron chi connectivity index (χ3n) is 1.68. The zero-order valence-corrected chi connectivity index (χ0v) is 10.9. The van der Waals surface area contributed by atoms with Crippen LogP contribution in [0.4, 0.5) is 0 Å². The van der Waals surface area contributed by atoms with E-state index in [2.05, 4.69) is 6.92 Å². The largest absolute Gasteiger partial charge is 0.500 e. The van der Waals surface area contributed by atoms with Crippen LogP contribution in [0.2, 0.25) is 6.04 Å². The van der Waals surface area contributed by atoms with Gasteiger partial charge in [-0.15, -0.1) is 0 Å². The van der Waals surface area contributed by atoms with E-state index in [9.17, 15) is 0 Å². The Morgan fingerprint density at radius 2 is 1.50 bits per heavy atom. The van der Waals surface area contributed by atoms with Crippen molar-refractivity contribution in [2.24, 2.45) is 5.73 Å². The van der Waals surface area contributed by atoms with Crippen molar-refractivity contribution < 1.29 is 13.3 Å². The predicted octanol–water partition coefficient (Wildman–Crippen LogP) is 1.75. The van der Waals surface area contributed by atoms with Gasteiger partial charge in [-0.2, -0.15) is 0 Å². The van der Waals surface area contributed by atoms with Gasteiger partial charge in [-0.3, -0.25) is 0 Å². The molecule has 0 aromatic heterocycles. The summed E-state index contributed by atoms with van der Waals surface area (Å²) in [6.45, 7) is 3.96. The summed E-state index contributed by atoms with van der Waals surface area (Å²) in [5, 5.41) is 0. The van der Waals surface area contributed by atoms with Crippen molar-refractivity contribution >= 4 is 8.80 Å². The highest BCUT2D eigenvalue weighted by molar-refractivity contribution is 6.60. The van der Waals surface area contributed by atoms with Gasteiger partial charge in [-0.25, -0.2) is 0 Å². The summed E-state index contributed by atoms with van der Waals surface area (Å²) in [6.07, 6.45) is 4.31. The molecule has 0 amide bonds. The van der Waals surface area contributed by atoms with E-state index in [1.54, 1.807) is 27.4 Å². The van der Waals surface area contributed by atoms with Crippen LogP contribution in [0, 0.1) is 0 Å². The Bertz CT molecular complexity index is 126. The molecule has 0 aliphatic heterocycles. The highest BCUT2D eigenvalue weighted by atomic mass is 28.4. The number of allylic oxidation sites excluding steroid dienone is 1. The number of hydrogen-bond donors (Lipinski definition) is 1. The van der Waals surface area contributed by atoms with Gasteiger partial charge in [-0.05, 0) is 13.1 Å². The SMILES string of the molecule is CC=CN.CCC[Si](OC)(OC)OC. The van der Waals surface area contributed by atoms with E-state index in [0.717, 1.165) is 12.5 Å². The van der Waals surface area contributed by atoms with E-state index < -0.39 is 8.80 Å². The molecule has 0 rings (SSSR count). The van der Waals surface area contributed by atoms with Crippen LogP contribution in [0.5, 0.6) is 0 Å². The molecule has 0 unspecified atom stereocenters. The molecule has 0 aromatic carbocycles. The van der Waals surface area contributed by atoms with Crippen LogP contribution in [0.25, 0.3) is 0 Å². The van der Waals surface area contributed by atoms with Gasteiger partial charge < -0.3 is 19.0 Å². The average molecular weight is 221 g/mol. The second-order valence-electron chi connectivity index (χ2n) is 2.57. The minimum absolute atomic E-state index is 0.885. The Morgan fingerprint density at radius 1 is 1.14 bits per heavy atom. The monoisotopic (exact) mass is 221 g/mol. The minimum Gasteiger partial charge on any atom is -0.405 e. The summed E-state index contributed by atoms with van der Waals surface area (Å²) >= 11 is 0. The standard InChI is InChI=1S/C6H16O3Si.C3H7N/c1-5-6-10(7-2,8-3)9-4;1-2-3-4/h5-6H2,1-4H3;2-3H,4H2,1H3. The summed E-state index contributed by atoms with van der Waals surface area (Å²) in [5.74, 6) is 0. The molecule has 0 aromatic rings. The summed E-state index contributed by atoms with van der Waals surface area (Å²) in [7, 11) is 2.68. The lowest BCUT2D eigenvalue weighted by Crippen LogP contribution is -2.42. The molecule has 4 nitrogen and oxygen atoms in total. The molecule has 0 saturated carbocycles. The molecule has 0 heterocycles. The maximum atomic E-state index is 5.17. The normalized spacial score (nSPS) is 11.2. The molecule has 0 atom stereocenters. The van der Waals surface area contributed by atoms with Gasteiger partial charge in [0.2, 0.25) is 0 Å². The van der Waals surface area contributed by atoms with Crippen LogP contribution >= 0.6 is 0 Å². The first-order chi connectivity index (χ1) is 6.66. The molecule has 0 spiro atoms. The zero-order chi connectivity index (χ0) is 11.4. The first-order valence-electron chi connectivity index (χ1n) is 4.64. The van der Waals surface area contributed by atoms with Gasteiger partial charge >= 0.3 is 8.80 Å². The van der Waals surface area contributed by atoms with E-state index in [4.69, 9.17) is 19.0 Å². The van der Waals surface area contributed by atoms with Crippen LogP contribution in [-0.2, 0) is 13.3 Å². The molecule has 0 saturated heterocycles. The predicted molar refractivity (Wildman–Crippen MR) is 60.9 cm³/mol. The summed E-state index contributed by atoms with van der Waals surface area (Å²) < 4.78 is 15.5. The fourth-order valence-corrected chi connectivity index (χ4v) is 2.59. The van der Waals surface area contributed by atoms with Crippen molar-refractivity contribution in [3.05, 3.63) is 12.3 Å². The molecule has 0 radical (unpaired) electrons. The van der Waals surface area contributed by atoms with Crippen molar-refractivity contribution in [3.63, 3.8) is 0 Å². The third-order valence-corrected chi connectivity index (χ3v) is 4.66. The van der Waals surface area contributed by atoms with Gasteiger partial charge in [-0.1, -0.05) is 19.4 Å². The molecule has 0 aliphatic carbocycles. The molecule has 5 heteroatoms. The lowest BCUT2D eigenvalue weighted by Gasteiger charge is -2.23. The Kier molecular flexibility index (Phi) is 12.3. The zero-order valence-electron chi connectivity index (χ0n) is 9.87. The fraction of sp³-hybridized carbons (Fsp3) is 0.778. The molecule has 0 aliphatic rings. The van der Waals surface area contributed by atoms with Crippen molar-refractivity contribution in [1.82, 2.24) is 0 Å². The highest BCUT2D eigenvalue weighted by Crippen LogP contribution is 2.13. The maximum absolute atomic E-state index is 5.17. The van der Waals surface area contributed by atoms with Gasteiger partial charge in [0.1, 0.15) is 0 Å². The van der Waals surface area contributed by atoms with Crippen molar-refractivity contribution in [2.75, 3.05) is 21.3 Å². The molecular formula is C9H23NO3Si. The van der Waals surface area contributed by atoms with E-state index in [0.29, 0.717) is 0 Å². The van der Waals surface area contributed by atoms with Crippen LogP contribution in [0.1, 0.15) is 20.3 Å². The average Bonchev–Trinajstić information content (AvgIpc) is 2.26. The smallest absolute Gasteiger partial charge is 0.405 e. The molecule has 0 fully saturated rings. The fourth-order valence-electron chi connectivity index (χ4n) is 0.862. The van der Waals surface area contributed by atoms with Gasteiger partial charge in [0.05, 0.1) is 0 Å². The molecule has 86 valence electrons. The molecule has 2 N–H and O–H groups in total. The second-order valence-corrected chi connectivity index (χ2v) is 5.66. The van der Waals surface area contributed by atoms with Crippen LogP contribution in [0.3, 0.4) is 0 Å². The number of hydrogen-bond acceptors (Lipinski definition) is 4.